The van der Waals surface area contributed by atoms with Crippen molar-refractivity contribution in [3.63, 3.8) is 0 Å². The first-order valence-corrected chi connectivity index (χ1v) is 15.1. The molecular weight excluding hydrogens is 658 g/mol. The SMILES string of the molecule is OCC1O[C@@H](SC2O[C@H](CO)C(O)C([N+]3=CC(c4ccc(F)cn4)N=N3)[C@H]2O)C(O)[C@@H](n2cc(-c3cc(F)c(F)c(F)c3)nn2)[C@H]1O. The molecule has 0 aliphatic carbocycles. The van der Waals surface area contributed by atoms with Gasteiger partial charge in [-0.2, -0.15) is 0 Å². The van der Waals surface area contributed by atoms with Gasteiger partial charge in [-0.05, 0) is 24.3 Å². The molecule has 6 N–H and O–H groups in total. The molecule has 15 nitrogen and oxygen atoms in total. The average Bonchev–Trinajstić information content (AvgIpc) is 3.74. The van der Waals surface area contributed by atoms with Gasteiger partial charge in [0.2, 0.25) is 0 Å². The largest absolute Gasteiger partial charge is 0.394 e. The zero-order valence-corrected chi connectivity index (χ0v) is 24.7. The quantitative estimate of drug-likeness (QED) is 0.102. The highest BCUT2D eigenvalue weighted by atomic mass is 32.2. The summed E-state index contributed by atoms with van der Waals surface area (Å²) < 4.78 is 68.1. The molecule has 2 aromatic heterocycles. The molecule has 252 valence electrons. The van der Waals surface area contributed by atoms with E-state index in [2.05, 4.69) is 25.6 Å². The molecule has 5 heterocycles. The fourth-order valence-electron chi connectivity index (χ4n) is 5.55. The van der Waals surface area contributed by atoms with E-state index in [0.717, 1.165) is 17.1 Å². The second-order valence-electron chi connectivity index (χ2n) is 10.9. The third-order valence-electron chi connectivity index (χ3n) is 7.99. The molecule has 2 fully saturated rings. The van der Waals surface area contributed by atoms with E-state index in [4.69, 9.17) is 9.47 Å². The van der Waals surface area contributed by atoms with Crippen LogP contribution in [0.3, 0.4) is 0 Å². The van der Waals surface area contributed by atoms with Crippen molar-refractivity contribution < 1.29 is 62.4 Å². The molecule has 1 aromatic carbocycles. The van der Waals surface area contributed by atoms with Crippen LogP contribution in [0.4, 0.5) is 17.6 Å². The van der Waals surface area contributed by atoms with Crippen molar-refractivity contribution in [1.29, 1.82) is 0 Å². The molecule has 2 saturated heterocycles. The van der Waals surface area contributed by atoms with Gasteiger partial charge in [0.05, 0.1) is 31.3 Å². The zero-order valence-electron chi connectivity index (χ0n) is 23.9. The number of rotatable bonds is 8. The van der Waals surface area contributed by atoms with Crippen LogP contribution >= 0.6 is 11.8 Å². The summed E-state index contributed by atoms with van der Waals surface area (Å²) in [4.78, 5) is 3.97. The average molecular weight is 687 g/mol. The van der Waals surface area contributed by atoms with Crippen LogP contribution in [0.25, 0.3) is 11.3 Å². The maximum absolute atomic E-state index is 13.8. The van der Waals surface area contributed by atoms with Crippen LogP contribution in [-0.2, 0) is 9.47 Å². The summed E-state index contributed by atoms with van der Waals surface area (Å²) in [5.41, 5.74) is -2.62. The van der Waals surface area contributed by atoms with Crippen LogP contribution in [0, 0.1) is 23.3 Å². The molecule has 6 unspecified atom stereocenters. The number of thioether (sulfide) groups is 1. The lowest BCUT2D eigenvalue weighted by atomic mass is 9.97. The molecule has 3 aromatic rings. The predicted octanol–water partition coefficient (Wildman–Crippen LogP) is -0.377. The van der Waals surface area contributed by atoms with Crippen molar-refractivity contribution in [3.05, 3.63) is 65.6 Å². The number of pyridine rings is 1. The number of aromatic nitrogens is 4. The lowest BCUT2D eigenvalue weighted by molar-refractivity contribution is -0.599. The molecule has 0 bridgehead atoms. The number of nitrogens with zero attached hydrogens (tertiary/aromatic N) is 7. The van der Waals surface area contributed by atoms with Crippen LogP contribution in [0.5, 0.6) is 0 Å². The molecule has 0 saturated carbocycles. The van der Waals surface area contributed by atoms with Crippen molar-refractivity contribution in [2.45, 2.75) is 65.6 Å². The van der Waals surface area contributed by atoms with Crippen molar-refractivity contribution in [2.75, 3.05) is 13.2 Å². The summed E-state index contributed by atoms with van der Waals surface area (Å²) in [6.45, 7) is -1.41. The summed E-state index contributed by atoms with van der Waals surface area (Å²) in [5, 5.41) is 80.3. The van der Waals surface area contributed by atoms with Crippen molar-refractivity contribution in [1.82, 2.24) is 20.0 Å². The van der Waals surface area contributed by atoms with Gasteiger partial charge >= 0.3 is 0 Å². The summed E-state index contributed by atoms with van der Waals surface area (Å²) in [5.74, 6) is -5.18. The third kappa shape index (κ3) is 6.39. The summed E-state index contributed by atoms with van der Waals surface area (Å²) in [7, 11) is 0. The van der Waals surface area contributed by atoms with Crippen LogP contribution in [0.15, 0.2) is 47.0 Å². The predicted molar refractivity (Wildman–Crippen MR) is 149 cm³/mol. The normalized spacial score (nSPS) is 34.1. The fraction of sp³-hybridized carbons (Fsp3) is 0.481. The molecule has 6 rings (SSSR count). The number of ether oxygens (including phenoxy) is 2. The Bertz CT molecular complexity index is 1630. The second-order valence-corrected chi connectivity index (χ2v) is 12.1. The van der Waals surface area contributed by atoms with Gasteiger partial charge in [-0.15, -0.1) is 9.78 Å². The first kappa shape index (κ1) is 33.4. The van der Waals surface area contributed by atoms with E-state index in [0.29, 0.717) is 29.6 Å². The molecule has 11 atom stereocenters. The first-order valence-electron chi connectivity index (χ1n) is 14.1. The van der Waals surface area contributed by atoms with Crippen LogP contribution in [0.1, 0.15) is 17.8 Å². The fourth-order valence-corrected chi connectivity index (χ4v) is 6.87. The standard InChI is InChI=1S/C27H28F4N7O8S/c28-11-1-2-14(32-5-11)16-7-38(36-34-16)21-23(42)18(9-40)46-27(25(21)44)47-26-24(43)20(22(41)17(8-39)45-26)37-6-15(33-35-37)10-3-12(29)19(31)13(30)4-10/h1-7,16-18,20-27,39-44H,8-9H2/q+1/t16?,17?,18-,20+,21?,22+,23?,24?,25-,26+,27?/m1/s1. The lowest BCUT2D eigenvalue weighted by Gasteiger charge is -2.45. The van der Waals surface area contributed by atoms with Gasteiger partial charge < -0.3 is 40.1 Å². The van der Waals surface area contributed by atoms with Crippen LogP contribution in [0.2, 0.25) is 0 Å². The Morgan fingerprint density at radius 3 is 2.17 bits per heavy atom. The van der Waals surface area contributed by atoms with E-state index in [-0.39, 0.29) is 11.3 Å². The summed E-state index contributed by atoms with van der Waals surface area (Å²) >= 11 is 0.710. The Hall–Kier alpha value is -3.47. The molecule has 3 aliphatic heterocycles. The Morgan fingerprint density at radius 1 is 0.872 bits per heavy atom. The number of hydrogen-bond donors (Lipinski definition) is 6. The van der Waals surface area contributed by atoms with E-state index in [9.17, 15) is 48.2 Å². The number of halogens is 4. The number of aliphatic hydroxyl groups excluding tert-OH is 6. The Kier molecular flexibility index (Phi) is 9.65. The van der Waals surface area contributed by atoms with E-state index in [1.807, 2.05) is 0 Å². The van der Waals surface area contributed by atoms with Gasteiger partial charge in [0.15, 0.2) is 23.5 Å². The summed E-state index contributed by atoms with van der Waals surface area (Å²) in [6, 6.07) is 0.584. The van der Waals surface area contributed by atoms with E-state index in [1.165, 1.54) is 23.0 Å². The Labute approximate surface area is 266 Å². The van der Waals surface area contributed by atoms with Crippen LogP contribution < -0.4 is 0 Å². The molecule has 0 amide bonds. The highest BCUT2D eigenvalue weighted by Crippen LogP contribution is 2.41. The van der Waals surface area contributed by atoms with Gasteiger partial charge in [0, 0.05) is 10.7 Å². The Balaban J connectivity index is 1.24. The van der Waals surface area contributed by atoms with Gasteiger partial charge in [-0.1, -0.05) is 17.0 Å². The molecule has 20 heteroatoms. The molecule has 47 heavy (non-hydrogen) atoms. The van der Waals surface area contributed by atoms with E-state index in [1.54, 1.807) is 0 Å². The van der Waals surface area contributed by atoms with Crippen molar-refractivity contribution in [3.8, 4) is 11.3 Å². The van der Waals surface area contributed by atoms with Gasteiger partial charge in [-0.25, -0.2) is 22.2 Å². The summed E-state index contributed by atoms with van der Waals surface area (Å²) in [6.07, 6.45) is -5.28. The van der Waals surface area contributed by atoms with Gasteiger partial charge in [0.1, 0.15) is 76.5 Å². The highest BCUT2D eigenvalue weighted by molar-refractivity contribution is 8.00. The second kappa shape index (κ2) is 13.6. The van der Waals surface area contributed by atoms with Crippen LogP contribution in [-0.4, -0.2) is 128 Å². The van der Waals surface area contributed by atoms with Gasteiger partial charge in [-0.3, -0.25) is 4.98 Å². The molecule has 0 radical (unpaired) electrons. The molecular formula is C27H28F4N7O8S+. The lowest BCUT2D eigenvalue weighted by Crippen LogP contribution is -2.62. The monoisotopic (exact) mass is 686 g/mol. The van der Waals surface area contributed by atoms with Crippen molar-refractivity contribution >= 4 is 18.0 Å². The molecule has 3 aliphatic rings. The molecule has 0 spiro atoms. The van der Waals surface area contributed by atoms with E-state index < -0.39 is 102 Å². The van der Waals surface area contributed by atoms with Crippen molar-refractivity contribution in [2.24, 2.45) is 10.3 Å². The number of hydrogen-bond acceptors (Lipinski definition) is 14. The van der Waals surface area contributed by atoms with Gasteiger partial charge in [0.25, 0.3) is 6.04 Å². The highest BCUT2D eigenvalue weighted by Gasteiger charge is 2.54. The zero-order chi connectivity index (χ0) is 33.6. The minimum absolute atomic E-state index is 0.128. The topological polar surface area (TPSA) is 211 Å². The Morgan fingerprint density at radius 2 is 1.53 bits per heavy atom. The maximum Gasteiger partial charge on any atom is 0.264 e. The first-order chi connectivity index (χ1) is 22.5. The minimum Gasteiger partial charge on any atom is -0.394 e. The number of benzene rings is 1. The third-order valence-corrected chi connectivity index (χ3v) is 9.31. The van der Waals surface area contributed by atoms with E-state index >= 15 is 0 Å². The maximum atomic E-state index is 13.8. The smallest absolute Gasteiger partial charge is 0.264 e. The minimum atomic E-state index is -1.68. The number of aliphatic hydroxyl groups is 6.